The highest BCUT2D eigenvalue weighted by molar-refractivity contribution is 5.74. The van der Waals surface area contributed by atoms with Crippen molar-refractivity contribution in [3.63, 3.8) is 0 Å². The van der Waals surface area contributed by atoms with Crippen LogP contribution in [0.15, 0.2) is 0 Å². The number of carboxylic acid groups (broad SMARTS) is 1. The molecule has 0 aromatic rings. The molecule has 0 radical (unpaired) electrons. The zero-order valence-electron chi connectivity index (χ0n) is 30.2. The van der Waals surface area contributed by atoms with E-state index in [9.17, 15) is 19.5 Å². The molecule has 13 atom stereocenters. The minimum atomic E-state index is -0.825. The molecule has 5 aliphatic carbocycles. The maximum absolute atomic E-state index is 13.3. The van der Waals surface area contributed by atoms with E-state index < -0.39 is 11.9 Å². The molecule has 8 rings (SSSR count). The molecule has 268 valence electrons. The Hall–Kier alpha value is -2.03. The van der Waals surface area contributed by atoms with E-state index in [0.29, 0.717) is 58.8 Å². The lowest BCUT2D eigenvalue weighted by atomic mass is 9.46. The highest BCUT2D eigenvalue weighted by Gasteiger charge is 2.85. The normalized spacial score (nSPS) is 47.4. The van der Waals surface area contributed by atoms with Crippen LogP contribution in [0.2, 0.25) is 0 Å². The van der Waals surface area contributed by atoms with Gasteiger partial charge < -0.3 is 29.1 Å². The van der Waals surface area contributed by atoms with Crippen molar-refractivity contribution in [1.82, 2.24) is 9.80 Å². The molecule has 8 aliphatic rings. The summed E-state index contributed by atoms with van der Waals surface area (Å²) in [7, 11) is 0. The lowest BCUT2D eigenvalue weighted by Gasteiger charge is -2.59. The highest BCUT2D eigenvalue weighted by Crippen LogP contribution is 2.89. The van der Waals surface area contributed by atoms with Gasteiger partial charge in [0.05, 0.1) is 18.1 Å². The first-order valence-electron chi connectivity index (χ1n) is 19.5. The monoisotopic (exact) mass is 668 g/mol. The molecular formula is C39H60N2O7. The van der Waals surface area contributed by atoms with Crippen molar-refractivity contribution in [2.75, 3.05) is 26.2 Å². The molecule has 9 heteroatoms. The van der Waals surface area contributed by atoms with E-state index in [1.54, 1.807) is 4.90 Å². The van der Waals surface area contributed by atoms with Gasteiger partial charge in [-0.05, 0) is 122 Å². The molecular weight excluding hydrogens is 608 g/mol. The third-order valence-corrected chi connectivity index (χ3v) is 16.6. The number of hydrogen-bond donors (Lipinski definition) is 1. The minimum absolute atomic E-state index is 0.0227. The molecule has 7 unspecified atom stereocenters. The van der Waals surface area contributed by atoms with Crippen molar-refractivity contribution in [3.05, 3.63) is 0 Å². The zero-order chi connectivity index (χ0) is 34.0. The van der Waals surface area contributed by atoms with Crippen LogP contribution in [-0.4, -0.2) is 83.7 Å². The fourth-order valence-corrected chi connectivity index (χ4v) is 14.1. The molecule has 8 fully saturated rings. The molecule has 0 bridgehead atoms. The number of aliphatic carboxylic acids is 1. The predicted molar refractivity (Wildman–Crippen MR) is 179 cm³/mol. The van der Waals surface area contributed by atoms with Gasteiger partial charge in [0, 0.05) is 31.6 Å². The second kappa shape index (κ2) is 11.2. The quantitative estimate of drug-likeness (QED) is 0.330. The molecule has 0 aromatic heterocycles. The molecule has 2 amide bonds. The van der Waals surface area contributed by atoms with Crippen molar-refractivity contribution in [2.24, 2.45) is 63.1 Å². The average Bonchev–Trinajstić information content (AvgIpc) is 3.34. The first kappa shape index (κ1) is 33.1. The topological polar surface area (TPSA) is 106 Å². The SMILES string of the molecule is CC(C)[C@@H](OC(=O)N1CCC1)C1CCC2C(CC3C4CCC5C(C)(C)[C@@H](OC(=O)N6CC[C@@H](C(=O)O)C6)CCC56[C@@H](C)[C@@]46CC[C@]23C)O1. The van der Waals surface area contributed by atoms with Gasteiger partial charge in [-0.25, -0.2) is 9.59 Å². The Bertz CT molecular complexity index is 1330. The summed E-state index contributed by atoms with van der Waals surface area (Å²) in [5.74, 6) is 2.07. The van der Waals surface area contributed by atoms with Crippen molar-refractivity contribution in [2.45, 2.75) is 137 Å². The van der Waals surface area contributed by atoms with Crippen LogP contribution in [0.1, 0.15) is 112 Å². The van der Waals surface area contributed by atoms with Gasteiger partial charge in [-0.2, -0.15) is 0 Å². The van der Waals surface area contributed by atoms with Gasteiger partial charge in [0.2, 0.25) is 0 Å². The van der Waals surface area contributed by atoms with Gasteiger partial charge in [0.15, 0.2) is 0 Å². The number of hydrogen-bond acceptors (Lipinski definition) is 6. The van der Waals surface area contributed by atoms with Crippen LogP contribution in [-0.2, 0) is 19.0 Å². The summed E-state index contributed by atoms with van der Waals surface area (Å²) in [5, 5.41) is 9.44. The first-order valence-corrected chi connectivity index (χ1v) is 19.5. The van der Waals surface area contributed by atoms with Gasteiger partial charge in [-0.3, -0.25) is 4.79 Å². The highest BCUT2D eigenvalue weighted by atomic mass is 16.6. The molecule has 48 heavy (non-hydrogen) atoms. The van der Waals surface area contributed by atoms with Gasteiger partial charge in [-0.1, -0.05) is 41.5 Å². The average molecular weight is 669 g/mol. The number of fused-ring (bicyclic) bond motifs is 4. The standard InChI is InChI=1S/C39H60N2O7/c1-22(2)32(48-34(44)40-17-7-18-40)28-10-8-26-29(46-28)20-27-25-9-11-30-36(4,5)31(47-35(45)41-19-13-24(21-41)33(42)43)12-14-39(30)23(3)38(25,39)16-15-37(26,27)6/h22-32H,7-21H2,1-6H3,(H,42,43)/t23-,24+,25?,26?,27?,28?,29?,30?,31-,32+,37+,38-,39?/m0/s1. The first-order chi connectivity index (χ1) is 22.8. The van der Waals surface area contributed by atoms with Gasteiger partial charge in [-0.15, -0.1) is 0 Å². The van der Waals surface area contributed by atoms with E-state index in [4.69, 9.17) is 14.2 Å². The summed E-state index contributed by atoms with van der Waals surface area (Å²) in [5.41, 5.74) is 0.866. The lowest BCUT2D eigenvalue weighted by Crippen LogP contribution is -2.55. The summed E-state index contributed by atoms with van der Waals surface area (Å²) in [6, 6.07) is 0. The fraction of sp³-hybridized carbons (Fsp3) is 0.923. The van der Waals surface area contributed by atoms with E-state index in [2.05, 4.69) is 41.5 Å². The Morgan fingerprint density at radius 3 is 2.25 bits per heavy atom. The van der Waals surface area contributed by atoms with Crippen molar-refractivity contribution >= 4 is 18.2 Å². The van der Waals surface area contributed by atoms with Gasteiger partial charge in [0.25, 0.3) is 0 Å². The molecule has 0 aromatic carbocycles. The van der Waals surface area contributed by atoms with Crippen LogP contribution in [0.5, 0.6) is 0 Å². The van der Waals surface area contributed by atoms with E-state index >= 15 is 0 Å². The van der Waals surface area contributed by atoms with E-state index in [0.717, 1.165) is 45.2 Å². The maximum atomic E-state index is 13.3. The smallest absolute Gasteiger partial charge is 0.410 e. The maximum Gasteiger partial charge on any atom is 0.410 e. The van der Waals surface area contributed by atoms with Crippen LogP contribution >= 0.6 is 0 Å². The summed E-state index contributed by atoms with van der Waals surface area (Å²) in [6.07, 6.45) is 11.3. The van der Waals surface area contributed by atoms with Crippen LogP contribution in [0, 0.1) is 63.1 Å². The zero-order valence-corrected chi connectivity index (χ0v) is 30.2. The summed E-state index contributed by atoms with van der Waals surface area (Å²) in [6.45, 7) is 16.5. The van der Waals surface area contributed by atoms with Gasteiger partial charge in [0.1, 0.15) is 12.2 Å². The van der Waals surface area contributed by atoms with Crippen molar-refractivity contribution in [1.29, 1.82) is 0 Å². The number of carbonyl (C=O) groups is 3. The van der Waals surface area contributed by atoms with Crippen LogP contribution in [0.25, 0.3) is 0 Å². The van der Waals surface area contributed by atoms with Gasteiger partial charge >= 0.3 is 18.2 Å². The number of carbonyl (C=O) groups excluding carboxylic acids is 2. The molecule has 2 spiro atoms. The Morgan fingerprint density at radius 2 is 1.58 bits per heavy atom. The van der Waals surface area contributed by atoms with Crippen LogP contribution in [0.3, 0.4) is 0 Å². The summed E-state index contributed by atoms with van der Waals surface area (Å²) in [4.78, 5) is 41.0. The summed E-state index contributed by atoms with van der Waals surface area (Å²) >= 11 is 0. The molecule has 3 aliphatic heterocycles. The largest absolute Gasteiger partial charge is 0.481 e. The number of nitrogens with zero attached hydrogens (tertiary/aromatic N) is 2. The molecule has 3 saturated heterocycles. The summed E-state index contributed by atoms with van der Waals surface area (Å²) < 4.78 is 19.5. The Labute approximate surface area is 287 Å². The lowest BCUT2D eigenvalue weighted by molar-refractivity contribution is -0.151. The van der Waals surface area contributed by atoms with Crippen LogP contribution in [0.4, 0.5) is 9.59 Å². The number of amides is 2. The number of carboxylic acids is 1. The molecule has 9 nitrogen and oxygen atoms in total. The number of ether oxygens (including phenoxy) is 3. The second-order valence-electron chi connectivity index (χ2n) is 18.7. The predicted octanol–water partition coefficient (Wildman–Crippen LogP) is 7.22. The Kier molecular flexibility index (Phi) is 7.76. The molecule has 1 N–H and O–H groups in total. The molecule has 5 saturated carbocycles. The van der Waals surface area contributed by atoms with Crippen molar-refractivity contribution < 1.29 is 33.7 Å². The number of likely N-dealkylation sites (tertiary alicyclic amines) is 2. The third-order valence-electron chi connectivity index (χ3n) is 16.6. The fourth-order valence-electron chi connectivity index (χ4n) is 14.1. The van der Waals surface area contributed by atoms with E-state index in [1.807, 2.05) is 4.90 Å². The Morgan fingerprint density at radius 1 is 0.833 bits per heavy atom. The Balaban J connectivity index is 0.969. The minimum Gasteiger partial charge on any atom is -0.481 e. The van der Waals surface area contributed by atoms with E-state index in [-0.39, 0.29) is 54.5 Å². The van der Waals surface area contributed by atoms with Crippen LogP contribution < -0.4 is 0 Å². The number of rotatable bonds is 5. The third kappa shape index (κ3) is 4.46. The van der Waals surface area contributed by atoms with Crippen molar-refractivity contribution in [3.8, 4) is 0 Å². The van der Waals surface area contributed by atoms with E-state index in [1.165, 1.54) is 32.1 Å². The second-order valence-corrected chi connectivity index (χ2v) is 18.7. The molecule has 3 heterocycles.